The Morgan fingerprint density at radius 3 is 0.973 bits per heavy atom. The van der Waals surface area contributed by atoms with E-state index in [9.17, 15) is 4.79 Å². The number of benzene rings is 10. The van der Waals surface area contributed by atoms with Gasteiger partial charge in [0.05, 0.1) is 11.4 Å². The Bertz CT molecular complexity index is 3770. The van der Waals surface area contributed by atoms with Gasteiger partial charge in [0.15, 0.2) is 29.1 Å². The van der Waals surface area contributed by atoms with Crippen LogP contribution in [-0.4, -0.2) is 30.7 Å². The van der Waals surface area contributed by atoms with Crippen LogP contribution in [0.4, 0.5) is 0 Å². The SMILES string of the molecule is O=C(c1cccc(-c2cccc(-c3c(-c4ccccc4)nc(-c4cccc(-c5nc(-c6ccccc6)nc(-c6ccccc6)n5)c4)nc3-c3ccccc3)c2)c1)c1cc(-c2ccccc2)cc(-c2ccccc2)c1. The summed E-state index contributed by atoms with van der Waals surface area (Å²) in [5, 5.41) is 0. The van der Waals surface area contributed by atoms with Gasteiger partial charge in [0.25, 0.3) is 0 Å². The summed E-state index contributed by atoms with van der Waals surface area (Å²) in [5.74, 6) is 2.23. The Morgan fingerprint density at radius 1 is 0.216 bits per heavy atom. The molecule has 10 aromatic carbocycles. The maximum atomic E-state index is 14.7. The van der Waals surface area contributed by atoms with Crippen LogP contribution < -0.4 is 0 Å². The van der Waals surface area contributed by atoms with Crippen molar-refractivity contribution in [3.05, 3.63) is 284 Å². The van der Waals surface area contributed by atoms with E-state index >= 15 is 0 Å². The van der Waals surface area contributed by atoms with E-state index in [1.807, 2.05) is 182 Å². The molecule has 0 N–H and O–H groups in total. The van der Waals surface area contributed by atoms with Gasteiger partial charge in [-0.25, -0.2) is 24.9 Å². The van der Waals surface area contributed by atoms with Crippen LogP contribution in [0.5, 0.6) is 0 Å². The summed E-state index contributed by atoms with van der Waals surface area (Å²) in [4.78, 5) is 40.6. The molecule has 2 aromatic heterocycles. The Kier molecular flexibility index (Phi) is 12.4. The van der Waals surface area contributed by atoms with E-state index in [2.05, 4.69) is 91.0 Å². The number of hydrogen-bond donors (Lipinski definition) is 0. The highest BCUT2D eigenvalue weighted by molar-refractivity contribution is 6.11. The largest absolute Gasteiger partial charge is 0.289 e. The minimum absolute atomic E-state index is 0.0486. The molecule has 12 aromatic rings. The Balaban J connectivity index is 0.964. The molecule has 348 valence electrons. The first-order valence-electron chi connectivity index (χ1n) is 24.6. The van der Waals surface area contributed by atoms with Crippen LogP contribution in [0.25, 0.3) is 113 Å². The first-order valence-corrected chi connectivity index (χ1v) is 24.6. The standard InChI is InChI=1S/C68H45N5O/c74-64(60-44-58(46-22-7-1-8-23-46)43-59(45-60)47-24-9-2-10-25-47)55-37-20-35-53(41-55)52-34-19-36-54(40-52)61-62(48-26-11-3-12-27-48)69-67(70-63(61)49-28-13-4-14-29-49)56-38-21-39-57(42-56)68-72-65(50-30-15-5-16-31-50)71-66(73-68)51-32-17-6-18-33-51/h1-45H. The number of carbonyl (C=O) groups excluding carboxylic acids is 1. The second-order valence-electron chi connectivity index (χ2n) is 18.0. The molecule has 0 unspecified atom stereocenters. The second-order valence-corrected chi connectivity index (χ2v) is 18.0. The van der Waals surface area contributed by atoms with Crippen molar-refractivity contribution in [2.45, 2.75) is 0 Å². The van der Waals surface area contributed by atoms with Gasteiger partial charge in [0.2, 0.25) is 0 Å². The van der Waals surface area contributed by atoms with E-state index in [0.29, 0.717) is 34.4 Å². The molecule has 0 aliphatic carbocycles. The van der Waals surface area contributed by atoms with E-state index < -0.39 is 0 Å². The Hall–Kier alpha value is -10.0. The Labute approximate surface area is 430 Å². The van der Waals surface area contributed by atoms with Crippen molar-refractivity contribution in [2.24, 2.45) is 0 Å². The topological polar surface area (TPSA) is 81.5 Å². The Morgan fingerprint density at radius 2 is 0.514 bits per heavy atom. The predicted octanol–water partition coefficient (Wildman–Crippen LogP) is 16.6. The molecule has 0 saturated carbocycles. The summed E-state index contributed by atoms with van der Waals surface area (Å²) < 4.78 is 0. The number of hydrogen-bond acceptors (Lipinski definition) is 6. The molecule has 6 heteroatoms. The van der Waals surface area contributed by atoms with Gasteiger partial charge in [-0.3, -0.25) is 4.79 Å². The van der Waals surface area contributed by atoms with Crippen molar-refractivity contribution in [3.63, 3.8) is 0 Å². The van der Waals surface area contributed by atoms with Gasteiger partial charge in [-0.2, -0.15) is 0 Å². The zero-order valence-electron chi connectivity index (χ0n) is 40.1. The summed E-state index contributed by atoms with van der Waals surface area (Å²) in [5.41, 5.74) is 15.9. The molecule has 0 fully saturated rings. The number of carbonyl (C=O) groups is 1. The van der Waals surface area contributed by atoms with Crippen molar-refractivity contribution >= 4 is 5.78 Å². The molecule has 0 aliphatic heterocycles. The molecule has 74 heavy (non-hydrogen) atoms. The summed E-state index contributed by atoms with van der Waals surface area (Å²) >= 11 is 0. The molecule has 0 amide bonds. The maximum Gasteiger partial charge on any atom is 0.193 e. The molecular formula is C68H45N5O. The molecule has 0 atom stereocenters. The predicted molar refractivity (Wildman–Crippen MR) is 300 cm³/mol. The first-order chi connectivity index (χ1) is 36.6. The monoisotopic (exact) mass is 947 g/mol. The lowest BCUT2D eigenvalue weighted by Gasteiger charge is -2.18. The summed E-state index contributed by atoms with van der Waals surface area (Å²) in [6, 6.07) is 91.7. The van der Waals surface area contributed by atoms with Gasteiger partial charge in [-0.15, -0.1) is 0 Å². The van der Waals surface area contributed by atoms with Crippen LogP contribution in [0.3, 0.4) is 0 Å². The van der Waals surface area contributed by atoms with E-state index in [1.165, 1.54) is 0 Å². The highest BCUT2D eigenvalue weighted by Crippen LogP contribution is 2.41. The first kappa shape index (κ1) is 45.1. The van der Waals surface area contributed by atoms with Gasteiger partial charge >= 0.3 is 0 Å². The van der Waals surface area contributed by atoms with Gasteiger partial charge < -0.3 is 0 Å². The van der Waals surface area contributed by atoms with Crippen LogP contribution >= 0.6 is 0 Å². The average Bonchev–Trinajstić information content (AvgIpc) is 3.50. The fourth-order valence-electron chi connectivity index (χ4n) is 9.42. The second kappa shape index (κ2) is 20.4. The maximum absolute atomic E-state index is 14.7. The fourth-order valence-corrected chi connectivity index (χ4v) is 9.42. The van der Waals surface area contributed by atoms with Crippen LogP contribution in [-0.2, 0) is 0 Å². The zero-order chi connectivity index (χ0) is 49.6. The molecular weight excluding hydrogens is 903 g/mol. The smallest absolute Gasteiger partial charge is 0.193 e. The van der Waals surface area contributed by atoms with Crippen LogP contribution in [0.15, 0.2) is 273 Å². The molecule has 0 spiro atoms. The third kappa shape index (κ3) is 9.47. The number of nitrogens with zero attached hydrogens (tertiary/aromatic N) is 5. The fraction of sp³-hybridized carbons (Fsp3) is 0. The highest BCUT2D eigenvalue weighted by Gasteiger charge is 2.22. The van der Waals surface area contributed by atoms with Crippen molar-refractivity contribution in [1.82, 2.24) is 24.9 Å². The minimum atomic E-state index is -0.0486. The van der Waals surface area contributed by atoms with Crippen molar-refractivity contribution < 1.29 is 4.79 Å². The normalized spacial score (nSPS) is 11.0. The van der Waals surface area contributed by atoms with Gasteiger partial charge in [-0.1, -0.05) is 237 Å². The summed E-state index contributed by atoms with van der Waals surface area (Å²) in [7, 11) is 0. The molecule has 0 aliphatic rings. The molecule has 12 rings (SSSR count). The van der Waals surface area contributed by atoms with E-state index in [1.54, 1.807) is 0 Å². The molecule has 2 heterocycles. The van der Waals surface area contributed by atoms with E-state index in [4.69, 9.17) is 24.9 Å². The third-order valence-electron chi connectivity index (χ3n) is 13.1. The molecule has 0 saturated heterocycles. The number of ketones is 1. The highest BCUT2D eigenvalue weighted by atomic mass is 16.1. The third-order valence-corrected chi connectivity index (χ3v) is 13.1. The quantitative estimate of drug-likeness (QED) is 0.114. The van der Waals surface area contributed by atoms with Crippen LogP contribution in [0.1, 0.15) is 15.9 Å². The van der Waals surface area contributed by atoms with Crippen molar-refractivity contribution in [1.29, 1.82) is 0 Å². The zero-order valence-corrected chi connectivity index (χ0v) is 40.1. The summed E-state index contributed by atoms with van der Waals surface area (Å²) in [6.45, 7) is 0. The molecule has 0 bridgehead atoms. The van der Waals surface area contributed by atoms with E-state index in [0.717, 1.165) is 89.3 Å². The van der Waals surface area contributed by atoms with Crippen molar-refractivity contribution in [2.75, 3.05) is 0 Å². The van der Waals surface area contributed by atoms with Gasteiger partial charge in [0.1, 0.15) is 0 Å². The molecule has 0 radical (unpaired) electrons. The van der Waals surface area contributed by atoms with Gasteiger partial charge in [-0.05, 0) is 75.3 Å². The lowest BCUT2D eigenvalue weighted by Crippen LogP contribution is -2.03. The average molecular weight is 948 g/mol. The van der Waals surface area contributed by atoms with Crippen LogP contribution in [0.2, 0.25) is 0 Å². The lowest BCUT2D eigenvalue weighted by molar-refractivity contribution is 0.103. The molecule has 6 nitrogen and oxygen atoms in total. The van der Waals surface area contributed by atoms with Crippen LogP contribution in [0, 0.1) is 0 Å². The summed E-state index contributed by atoms with van der Waals surface area (Å²) in [6.07, 6.45) is 0. The van der Waals surface area contributed by atoms with E-state index in [-0.39, 0.29) is 5.78 Å². The van der Waals surface area contributed by atoms with Gasteiger partial charge in [0, 0.05) is 50.1 Å². The van der Waals surface area contributed by atoms with Crippen molar-refractivity contribution in [3.8, 4) is 113 Å². The number of rotatable bonds is 12. The lowest BCUT2D eigenvalue weighted by atomic mass is 9.90. The number of aromatic nitrogens is 5. The minimum Gasteiger partial charge on any atom is -0.289 e.